The van der Waals surface area contributed by atoms with Gasteiger partial charge in [-0.3, -0.25) is 9.78 Å². The van der Waals surface area contributed by atoms with E-state index in [4.69, 9.17) is 4.98 Å². The maximum atomic E-state index is 13.3. The van der Waals surface area contributed by atoms with Gasteiger partial charge in [0.15, 0.2) is 0 Å². The molecule has 0 unspecified atom stereocenters. The first-order valence-electron chi connectivity index (χ1n) is 10.4. The van der Waals surface area contributed by atoms with Gasteiger partial charge in [0.05, 0.1) is 23.3 Å². The van der Waals surface area contributed by atoms with Crippen LogP contribution in [0.5, 0.6) is 0 Å². The maximum Gasteiger partial charge on any atom is 0.220 e. The van der Waals surface area contributed by atoms with Crippen LogP contribution in [0.15, 0.2) is 67.0 Å². The Bertz CT molecular complexity index is 1180. The number of amides is 1. The summed E-state index contributed by atoms with van der Waals surface area (Å²) in [5, 5.41) is 3.07. The number of nitrogens with one attached hydrogen (secondary N) is 1. The number of rotatable bonds is 7. The highest BCUT2D eigenvalue weighted by atomic mass is 19.1. The summed E-state index contributed by atoms with van der Waals surface area (Å²) < 4.78 is 15.3. The fourth-order valence-corrected chi connectivity index (χ4v) is 3.64. The zero-order valence-electron chi connectivity index (χ0n) is 17.7. The third kappa shape index (κ3) is 4.97. The van der Waals surface area contributed by atoms with Crippen LogP contribution in [0.25, 0.3) is 11.0 Å². The van der Waals surface area contributed by atoms with Gasteiger partial charge in [0.2, 0.25) is 5.91 Å². The van der Waals surface area contributed by atoms with Crippen LogP contribution >= 0.6 is 0 Å². The predicted octanol–water partition coefficient (Wildman–Crippen LogP) is 4.74. The molecule has 2 aromatic carbocycles. The van der Waals surface area contributed by atoms with Crippen molar-refractivity contribution in [1.29, 1.82) is 0 Å². The molecule has 4 rings (SSSR count). The van der Waals surface area contributed by atoms with E-state index in [1.54, 1.807) is 24.5 Å². The lowest BCUT2D eigenvalue weighted by Crippen LogP contribution is -2.27. The van der Waals surface area contributed by atoms with Crippen LogP contribution < -0.4 is 5.32 Å². The van der Waals surface area contributed by atoms with Crippen molar-refractivity contribution in [3.63, 3.8) is 0 Å². The molecule has 5 nitrogen and oxygen atoms in total. The molecule has 0 aliphatic carbocycles. The molecule has 0 saturated carbocycles. The summed E-state index contributed by atoms with van der Waals surface area (Å²) in [6.07, 6.45) is 4.31. The van der Waals surface area contributed by atoms with Gasteiger partial charge in [-0.25, -0.2) is 9.37 Å². The van der Waals surface area contributed by atoms with E-state index in [1.165, 1.54) is 17.7 Å². The van der Waals surface area contributed by atoms with Crippen molar-refractivity contribution in [3.05, 3.63) is 95.3 Å². The topological polar surface area (TPSA) is 59.8 Å². The monoisotopic (exact) mass is 416 g/mol. The molecule has 2 aromatic heterocycles. The van der Waals surface area contributed by atoms with Gasteiger partial charge in [0.1, 0.15) is 11.6 Å². The molecule has 158 valence electrons. The van der Waals surface area contributed by atoms with Crippen molar-refractivity contribution in [2.45, 2.75) is 39.3 Å². The Morgan fingerprint density at radius 3 is 2.58 bits per heavy atom. The Hall–Kier alpha value is -3.54. The van der Waals surface area contributed by atoms with Gasteiger partial charge in [-0.15, -0.1) is 0 Å². The first-order chi connectivity index (χ1) is 15.0. The molecule has 4 aromatic rings. The van der Waals surface area contributed by atoms with Crippen LogP contribution in [-0.4, -0.2) is 20.4 Å². The SMILES string of the molecule is Cc1ccc([C@H](C)NC(=O)CCc2nc3ccncc3n2Cc2ccc(F)cc2)cc1. The lowest BCUT2D eigenvalue weighted by atomic mass is 10.1. The Balaban J connectivity index is 1.48. The van der Waals surface area contributed by atoms with Crippen LogP contribution in [0, 0.1) is 12.7 Å². The minimum Gasteiger partial charge on any atom is -0.350 e. The van der Waals surface area contributed by atoms with Crippen LogP contribution in [0.1, 0.15) is 41.9 Å². The number of hydrogen-bond donors (Lipinski definition) is 1. The predicted molar refractivity (Wildman–Crippen MR) is 119 cm³/mol. The lowest BCUT2D eigenvalue weighted by molar-refractivity contribution is -0.121. The minimum absolute atomic E-state index is 0.0217. The summed E-state index contributed by atoms with van der Waals surface area (Å²) in [6.45, 7) is 4.57. The van der Waals surface area contributed by atoms with Gasteiger partial charge >= 0.3 is 0 Å². The van der Waals surface area contributed by atoms with Crippen LogP contribution in [0.3, 0.4) is 0 Å². The third-order valence-corrected chi connectivity index (χ3v) is 5.41. The van der Waals surface area contributed by atoms with Crippen molar-refractivity contribution in [3.8, 4) is 0 Å². The number of halogens is 1. The third-order valence-electron chi connectivity index (χ3n) is 5.41. The Morgan fingerprint density at radius 2 is 1.84 bits per heavy atom. The first-order valence-corrected chi connectivity index (χ1v) is 10.4. The second-order valence-electron chi connectivity index (χ2n) is 7.80. The molecule has 0 fully saturated rings. The van der Waals surface area contributed by atoms with Crippen molar-refractivity contribution in [2.24, 2.45) is 0 Å². The summed E-state index contributed by atoms with van der Waals surface area (Å²) in [4.78, 5) is 21.5. The zero-order valence-corrected chi connectivity index (χ0v) is 17.7. The first kappa shape index (κ1) is 20.7. The number of aryl methyl sites for hydroxylation is 2. The molecule has 0 radical (unpaired) electrons. The summed E-state index contributed by atoms with van der Waals surface area (Å²) in [6, 6.07) is 16.4. The van der Waals surface area contributed by atoms with E-state index >= 15 is 0 Å². The largest absolute Gasteiger partial charge is 0.350 e. The number of benzene rings is 2. The number of carbonyl (C=O) groups is 1. The van der Waals surface area contributed by atoms with Gasteiger partial charge in [0.25, 0.3) is 0 Å². The van der Waals surface area contributed by atoms with E-state index in [1.807, 2.05) is 48.7 Å². The number of hydrogen-bond acceptors (Lipinski definition) is 3. The maximum absolute atomic E-state index is 13.3. The van der Waals surface area contributed by atoms with Gasteiger partial charge < -0.3 is 9.88 Å². The van der Waals surface area contributed by atoms with Crippen LogP contribution in [0.4, 0.5) is 4.39 Å². The average Bonchev–Trinajstić information content (AvgIpc) is 3.11. The van der Waals surface area contributed by atoms with Gasteiger partial charge in [-0.05, 0) is 43.2 Å². The van der Waals surface area contributed by atoms with Gasteiger partial charge in [0, 0.05) is 25.6 Å². The number of fused-ring (bicyclic) bond motifs is 1. The fourth-order valence-electron chi connectivity index (χ4n) is 3.64. The normalized spacial score (nSPS) is 12.1. The molecule has 1 amide bonds. The standard InChI is InChI=1S/C25H25FN4O/c1-17-3-7-20(8-4-17)18(2)28-25(31)12-11-24-29-22-13-14-27-15-23(22)30(24)16-19-5-9-21(26)10-6-19/h3-10,13-15,18H,11-12,16H2,1-2H3,(H,28,31)/t18-/m0/s1. The molecule has 6 heteroatoms. The lowest BCUT2D eigenvalue weighted by Gasteiger charge is -2.15. The minimum atomic E-state index is -0.263. The van der Waals surface area contributed by atoms with E-state index in [-0.39, 0.29) is 17.8 Å². The molecule has 0 bridgehead atoms. The number of imidazole rings is 1. The highest BCUT2D eigenvalue weighted by Crippen LogP contribution is 2.19. The molecule has 1 N–H and O–H groups in total. The number of nitrogens with zero attached hydrogens (tertiary/aromatic N) is 3. The molecule has 2 heterocycles. The molecule has 31 heavy (non-hydrogen) atoms. The Kier molecular flexibility index (Phi) is 6.07. The summed E-state index contributed by atoms with van der Waals surface area (Å²) in [5.74, 6) is 0.526. The van der Waals surface area contributed by atoms with Crippen LogP contribution in [-0.2, 0) is 17.8 Å². The van der Waals surface area contributed by atoms with Gasteiger partial charge in [-0.1, -0.05) is 42.0 Å². The van der Waals surface area contributed by atoms with Crippen molar-refractivity contribution < 1.29 is 9.18 Å². The van der Waals surface area contributed by atoms with E-state index < -0.39 is 0 Å². The Labute approximate surface area is 181 Å². The van der Waals surface area contributed by atoms with Crippen molar-refractivity contribution in [1.82, 2.24) is 19.9 Å². The summed E-state index contributed by atoms with van der Waals surface area (Å²) >= 11 is 0. The second-order valence-corrected chi connectivity index (χ2v) is 7.80. The zero-order chi connectivity index (χ0) is 21.8. The molecule has 1 atom stereocenters. The molecule has 0 saturated heterocycles. The van der Waals surface area contributed by atoms with E-state index in [0.29, 0.717) is 19.4 Å². The molecule has 0 aliphatic heterocycles. The van der Waals surface area contributed by atoms with E-state index in [2.05, 4.69) is 10.3 Å². The van der Waals surface area contributed by atoms with Crippen LogP contribution in [0.2, 0.25) is 0 Å². The Morgan fingerprint density at radius 1 is 1.10 bits per heavy atom. The molecular weight excluding hydrogens is 391 g/mol. The number of aromatic nitrogens is 3. The average molecular weight is 417 g/mol. The molecule has 0 aliphatic rings. The molecule has 0 spiro atoms. The molecular formula is C25H25FN4O. The number of pyridine rings is 1. The van der Waals surface area contributed by atoms with Gasteiger partial charge in [-0.2, -0.15) is 0 Å². The quantitative estimate of drug-likeness (QED) is 0.474. The van der Waals surface area contributed by atoms with Crippen molar-refractivity contribution in [2.75, 3.05) is 0 Å². The van der Waals surface area contributed by atoms with E-state index in [0.717, 1.165) is 28.0 Å². The highest BCUT2D eigenvalue weighted by molar-refractivity contribution is 5.77. The number of carbonyl (C=O) groups excluding carboxylic acids is 1. The van der Waals surface area contributed by atoms with Crippen molar-refractivity contribution >= 4 is 16.9 Å². The summed E-state index contributed by atoms with van der Waals surface area (Å²) in [7, 11) is 0. The smallest absolute Gasteiger partial charge is 0.220 e. The second kappa shape index (κ2) is 9.08. The summed E-state index contributed by atoms with van der Waals surface area (Å²) in [5.41, 5.74) is 4.96. The highest BCUT2D eigenvalue weighted by Gasteiger charge is 2.15. The fraction of sp³-hybridized carbons (Fsp3) is 0.240. The van der Waals surface area contributed by atoms with E-state index in [9.17, 15) is 9.18 Å².